The van der Waals surface area contributed by atoms with Crippen LogP contribution >= 0.6 is 0 Å². The molecule has 1 N–H and O–H groups in total. The van der Waals surface area contributed by atoms with Crippen LogP contribution in [0.4, 0.5) is 13.2 Å². The average Bonchev–Trinajstić information content (AvgIpc) is 2.71. The van der Waals surface area contributed by atoms with E-state index in [1.807, 2.05) is 26.0 Å². The second-order valence-corrected chi connectivity index (χ2v) is 7.47. The molecule has 0 bridgehead atoms. The Morgan fingerprint density at radius 2 is 1.52 bits per heavy atom. The van der Waals surface area contributed by atoms with Crippen molar-refractivity contribution >= 4 is 17.6 Å². The van der Waals surface area contributed by atoms with Gasteiger partial charge < -0.3 is 10.2 Å². The van der Waals surface area contributed by atoms with Gasteiger partial charge in [-0.1, -0.05) is 24.3 Å². The van der Waals surface area contributed by atoms with Crippen LogP contribution in [0.25, 0.3) is 0 Å². The first-order valence-corrected chi connectivity index (χ1v) is 9.74. The van der Waals surface area contributed by atoms with Crippen LogP contribution in [0.1, 0.15) is 50.2 Å². The standard InChI is InChI=1S/C23H25F3N2O3/c1-15-4-7-19(12-16(15)2)20(29)10-11-21(30)28(3)13-17-5-8-18(9-6-17)22(31)27-14-23(24,25)26/h4-9,12H,10-11,13-14H2,1-3H3,(H,27,31). The van der Waals surface area contributed by atoms with Gasteiger partial charge in [-0.15, -0.1) is 0 Å². The summed E-state index contributed by atoms with van der Waals surface area (Å²) >= 11 is 0. The second kappa shape index (κ2) is 10.2. The molecule has 0 heterocycles. The van der Waals surface area contributed by atoms with Gasteiger partial charge in [0.1, 0.15) is 6.54 Å². The third-order valence-electron chi connectivity index (χ3n) is 4.91. The van der Waals surface area contributed by atoms with Crippen LogP contribution in [0.3, 0.4) is 0 Å². The van der Waals surface area contributed by atoms with Crippen molar-refractivity contribution in [2.45, 2.75) is 39.4 Å². The maximum Gasteiger partial charge on any atom is 0.405 e. The molecule has 5 nitrogen and oxygen atoms in total. The van der Waals surface area contributed by atoms with Gasteiger partial charge in [-0.3, -0.25) is 14.4 Å². The van der Waals surface area contributed by atoms with Crippen molar-refractivity contribution in [2.24, 2.45) is 0 Å². The highest BCUT2D eigenvalue weighted by atomic mass is 19.4. The van der Waals surface area contributed by atoms with Crippen molar-refractivity contribution in [2.75, 3.05) is 13.6 Å². The Hall–Kier alpha value is -3.16. The summed E-state index contributed by atoms with van der Waals surface area (Å²) in [5.41, 5.74) is 3.50. The fraction of sp³-hybridized carbons (Fsp3) is 0.348. The number of benzene rings is 2. The number of carbonyl (C=O) groups is 3. The summed E-state index contributed by atoms with van der Waals surface area (Å²) in [6.07, 6.45) is -4.30. The van der Waals surface area contributed by atoms with E-state index < -0.39 is 18.6 Å². The molecule has 0 aliphatic rings. The van der Waals surface area contributed by atoms with Gasteiger partial charge in [0, 0.05) is 37.6 Å². The molecule has 0 aromatic heterocycles. The number of hydrogen-bond acceptors (Lipinski definition) is 3. The topological polar surface area (TPSA) is 66.5 Å². The molecule has 0 fully saturated rings. The van der Waals surface area contributed by atoms with E-state index in [2.05, 4.69) is 0 Å². The van der Waals surface area contributed by atoms with Gasteiger partial charge in [-0.05, 0) is 48.7 Å². The third-order valence-corrected chi connectivity index (χ3v) is 4.91. The number of rotatable bonds is 8. The lowest BCUT2D eigenvalue weighted by molar-refractivity contribution is -0.130. The fourth-order valence-corrected chi connectivity index (χ4v) is 2.88. The molecule has 0 spiro atoms. The van der Waals surface area contributed by atoms with Gasteiger partial charge in [-0.2, -0.15) is 13.2 Å². The van der Waals surface area contributed by atoms with Crippen LogP contribution in [0.5, 0.6) is 0 Å². The van der Waals surface area contributed by atoms with Crippen LogP contribution in [0, 0.1) is 13.8 Å². The van der Waals surface area contributed by atoms with Crippen LogP contribution in [-0.4, -0.2) is 42.3 Å². The Labute approximate surface area is 179 Å². The monoisotopic (exact) mass is 434 g/mol. The van der Waals surface area contributed by atoms with Gasteiger partial charge in [-0.25, -0.2) is 0 Å². The van der Waals surface area contributed by atoms with Crippen LogP contribution in [-0.2, 0) is 11.3 Å². The van der Waals surface area contributed by atoms with E-state index in [1.165, 1.54) is 17.0 Å². The van der Waals surface area contributed by atoms with Crippen molar-refractivity contribution < 1.29 is 27.6 Å². The number of nitrogens with one attached hydrogen (secondary N) is 1. The molecular weight excluding hydrogens is 409 g/mol. The highest BCUT2D eigenvalue weighted by molar-refractivity contribution is 5.98. The maximum absolute atomic E-state index is 12.4. The summed E-state index contributed by atoms with van der Waals surface area (Å²) in [7, 11) is 1.60. The number of nitrogens with zero attached hydrogens (tertiary/aromatic N) is 1. The van der Waals surface area contributed by atoms with Crippen molar-refractivity contribution in [3.8, 4) is 0 Å². The van der Waals surface area contributed by atoms with Crippen LogP contribution in [0.15, 0.2) is 42.5 Å². The number of carbonyl (C=O) groups excluding carboxylic acids is 3. The van der Waals surface area contributed by atoms with Crippen molar-refractivity contribution in [3.05, 3.63) is 70.3 Å². The minimum atomic E-state index is -4.47. The van der Waals surface area contributed by atoms with E-state index in [0.29, 0.717) is 11.1 Å². The zero-order valence-electron chi connectivity index (χ0n) is 17.7. The first kappa shape index (κ1) is 24.1. The lowest BCUT2D eigenvalue weighted by atomic mass is 10.0. The Balaban J connectivity index is 1.85. The SMILES string of the molecule is Cc1ccc(C(=O)CCC(=O)N(C)Cc2ccc(C(=O)NCC(F)(F)F)cc2)cc1C. The fourth-order valence-electron chi connectivity index (χ4n) is 2.88. The molecule has 0 atom stereocenters. The Bertz CT molecular complexity index is 954. The maximum atomic E-state index is 12.4. The zero-order valence-corrected chi connectivity index (χ0v) is 17.7. The third kappa shape index (κ3) is 7.55. The van der Waals surface area contributed by atoms with Crippen molar-refractivity contribution in [1.29, 1.82) is 0 Å². The predicted octanol–water partition coefficient (Wildman–Crippen LogP) is 4.22. The molecule has 0 radical (unpaired) electrons. The van der Waals surface area contributed by atoms with E-state index in [0.717, 1.165) is 11.1 Å². The highest BCUT2D eigenvalue weighted by Gasteiger charge is 2.27. The molecule has 0 saturated carbocycles. The molecule has 0 saturated heterocycles. The van der Waals surface area contributed by atoms with Crippen molar-refractivity contribution in [3.63, 3.8) is 0 Å². The first-order valence-electron chi connectivity index (χ1n) is 9.74. The van der Waals surface area contributed by atoms with E-state index in [9.17, 15) is 27.6 Å². The van der Waals surface area contributed by atoms with Gasteiger partial charge in [0.05, 0.1) is 0 Å². The van der Waals surface area contributed by atoms with E-state index in [-0.39, 0.29) is 36.6 Å². The van der Waals surface area contributed by atoms with Crippen LogP contribution < -0.4 is 5.32 Å². The molecule has 2 amide bonds. The van der Waals surface area contributed by atoms with Crippen molar-refractivity contribution in [1.82, 2.24) is 10.2 Å². The summed E-state index contributed by atoms with van der Waals surface area (Å²) in [5.74, 6) is -1.12. The summed E-state index contributed by atoms with van der Waals surface area (Å²) in [5, 5.41) is 1.80. The zero-order chi connectivity index (χ0) is 23.2. The van der Waals surface area contributed by atoms with Gasteiger partial charge in [0.25, 0.3) is 5.91 Å². The van der Waals surface area contributed by atoms with E-state index in [1.54, 1.807) is 30.6 Å². The normalized spacial score (nSPS) is 11.2. The molecule has 31 heavy (non-hydrogen) atoms. The molecular formula is C23H25F3N2O3. The second-order valence-electron chi connectivity index (χ2n) is 7.47. The minimum absolute atomic E-state index is 0.0696. The molecule has 2 rings (SSSR count). The number of ketones is 1. The predicted molar refractivity (Wildman–Crippen MR) is 111 cm³/mol. The molecule has 8 heteroatoms. The summed E-state index contributed by atoms with van der Waals surface area (Å²) in [6, 6.07) is 11.4. The number of alkyl halides is 3. The lowest BCUT2D eigenvalue weighted by Crippen LogP contribution is -2.33. The lowest BCUT2D eigenvalue weighted by Gasteiger charge is -2.17. The Morgan fingerprint density at radius 1 is 0.903 bits per heavy atom. The highest BCUT2D eigenvalue weighted by Crippen LogP contribution is 2.15. The Morgan fingerprint density at radius 3 is 2.10 bits per heavy atom. The van der Waals surface area contributed by atoms with Gasteiger partial charge in [0.15, 0.2) is 5.78 Å². The van der Waals surface area contributed by atoms with Crippen LogP contribution in [0.2, 0.25) is 0 Å². The number of amides is 2. The molecule has 0 aliphatic carbocycles. The smallest absolute Gasteiger partial charge is 0.343 e. The molecule has 0 unspecified atom stereocenters. The van der Waals surface area contributed by atoms with Gasteiger partial charge >= 0.3 is 6.18 Å². The van der Waals surface area contributed by atoms with E-state index in [4.69, 9.17) is 0 Å². The number of Topliss-reactive ketones (excluding diaryl/α,β-unsaturated/α-hetero) is 1. The minimum Gasteiger partial charge on any atom is -0.343 e. The summed E-state index contributed by atoms with van der Waals surface area (Å²) < 4.78 is 36.6. The summed E-state index contributed by atoms with van der Waals surface area (Å²) in [6.45, 7) is 2.74. The largest absolute Gasteiger partial charge is 0.405 e. The average molecular weight is 434 g/mol. The molecule has 166 valence electrons. The molecule has 0 aliphatic heterocycles. The number of halogens is 3. The molecule has 2 aromatic carbocycles. The number of hydrogen-bond donors (Lipinski definition) is 1. The van der Waals surface area contributed by atoms with Gasteiger partial charge in [0.2, 0.25) is 5.91 Å². The number of aryl methyl sites for hydroxylation is 2. The van der Waals surface area contributed by atoms with E-state index >= 15 is 0 Å². The summed E-state index contributed by atoms with van der Waals surface area (Å²) in [4.78, 5) is 37.9. The molecule has 2 aromatic rings. The first-order chi connectivity index (χ1) is 14.5. The Kier molecular flexibility index (Phi) is 7.96. The quantitative estimate of drug-likeness (QED) is 0.633.